The molecular weight excluding hydrogens is 306 g/mol. The predicted octanol–water partition coefficient (Wildman–Crippen LogP) is 3.18. The number of nitrogens with one attached hydrogen (secondary N) is 2. The van der Waals surface area contributed by atoms with Gasteiger partial charge in [0.25, 0.3) is 0 Å². The van der Waals surface area contributed by atoms with Gasteiger partial charge in [0.05, 0.1) is 18.4 Å². The zero-order valence-electron chi connectivity index (χ0n) is 13.8. The molecule has 1 aliphatic heterocycles. The van der Waals surface area contributed by atoms with E-state index >= 15 is 0 Å². The van der Waals surface area contributed by atoms with Crippen molar-refractivity contribution in [2.24, 2.45) is 0 Å². The summed E-state index contributed by atoms with van der Waals surface area (Å²) < 4.78 is 13.1. The first-order chi connectivity index (χ1) is 11.8. The van der Waals surface area contributed by atoms with Crippen LogP contribution in [-0.2, 0) is 4.74 Å². The average Bonchev–Trinajstić information content (AvgIpc) is 3.28. The first-order valence-electron chi connectivity index (χ1n) is 8.33. The molecule has 0 saturated carbocycles. The number of urea groups is 1. The van der Waals surface area contributed by atoms with Crippen LogP contribution >= 0.6 is 0 Å². The molecule has 1 atom stereocenters. The van der Waals surface area contributed by atoms with Gasteiger partial charge in [-0.1, -0.05) is 0 Å². The number of rotatable bonds is 6. The van der Waals surface area contributed by atoms with Crippen LogP contribution in [0.1, 0.15) is 19.8 Å². The molecular formula is C18H23N3O3. The van der Waals surface area contributed by atoms with Gasteiger partial charge in [-0.15, -0.1) is 0 Å². The Labute approximate surface area is 141 Å². The Morgan fingerprint density at radius 3 is 2.92 bits per heavy atom. The van der Waals surface area contributed by atoms with E-state index in [0.29, 0.717) is 18.8 Å². The Bertz CT molecular complexity index is 664. The summed E-state index contributed by atoms with van der Waals surface area (Å²) in [5, 5.41) is 5.72. The topological polar surface area (TPSA) is 64.5 Å². The van der Waals surface area contributed by atoms with Crippen LogP contribution in [0.25, 0.3) is 5.69 Å². The zero-order chi connectivity index (χ0) is 16.8. The van der Waals surface area contributed by atoms with Gasteiger partial charge in [0.1, 0.15) is 5.75 Å². The molecule has 0 radical (unpaired) electrons. The van der Waals surface area contributed by atoms with Crippen LogP contribution < -0.4 is 15.4 Å². The summed E-state index contributed by atoms with van der Waals surface area (Å²) in [6, 6.07) is 9.27. The van der Waals surface area contributed by atoms with Crippen LogP contribution in [0.3, 0.4) is 0 Å². The van der Waals surface area contributed by atoms with Crippen molar-refractivity contribution in [2.75, 3.05) is 25.1 Å². The van der Waals surface area contributed by atoms with Crippen molar-refractivity contribution in [3.05, 3.63) is 42.7 Å². The molecule has 0 aliphatic carbocycles. The second kappa shape index (κ2) is 7.88. The van der Waals surface area contributed by atoms with E-state index in [4.69, 9.17) is 9.47 Å². The number of aromatic nitrogens is 1. The second-order valence-corrected chi connectivity index (χ2v) is 5.68. The maximum atomic E-state index is 12.1. The highest BCUT2D eigenvalue weighted by Gasteiger charge is 2.16. The average molecular weight is 329 g/mol. The summed E-state index contributed by atoms with van der Waals surface area (Å²) in [5.41, 5.74) is 1.60. The van der Waals surface area contributed by atoms with Crippen molar-refractivity contribution >= 4 is 11.7 Å². The molecule has 1 fully saturated rings. The summed E-state index contributed by atoms with van der Waals surface area (Å²) in [6.45, 7) is 3.85. The van der Waals surface area contributed by atoms with E-state index in [1.807, 2.05) is 54.2 Å². The van der Waals surface area contributed by atoms with Gasteiger partial charge in [-0.05, 0) is 50.1 Å². The first-order valence-corrected chi connectivity index (χ1v) is 8.33. The lowest BCUT2D eigenvalue weighted by Crippen LogP contribution is -2.35. The lowest BCUT2D eigenvalue weighted by molar-refractivity contribution is 0.112. The molecule has 2 aromatic rings. The minimum Gasteiger partial charge on any atom is -0.492 e. The van der Waals surface area contributed by atoms with Crippen molar-refractivity contribution in [1.29, 1.82) is 0 Å². The Balaban J connectivity index is 1.66. The highest BCUT2D eigenvalue weighted by Crippen LogP contribution is 2.27. The van der Waals surface area contributed by atoms with Crippen molar-refractivity contribution in [2.45, 2.75) is 25.9 Å². The highest BCUT2D eigenvalue weighted by atomic mass is 16.5. The Morgan fingerprint density at radius 2 is 2.21 bits per heavy atom. The summed E-state index contributed by atoms with van der Waals surface area (Å²) in [6.07, 6.45) is 6.08. The highest BCUT2D eigenvalue weighted by molar-refractivity contribution is 5.89. The van der Waals surface area contributed by atoms with E-state index in [-0.39, 0.29) is 12.1 Å². The van der Waals surface area contributed by atoms with Gasteiger partial charge in [0.2, 0.25) is 0 Å². The molecule has 0 spiro atoms. The maximum absolute atomic E-state index is 12.1. The third kappa shape index (κ3) is 4.08. The molecule has 128 valence electrons. The van der Waals surface area contributed by atoms with Crippen molar-refractivity contribution in [3.63, 3.8) is 0 Å². The number of carbonyl (C=O) groups excluding carboxylic acids is 1. The number of benzene rings is 1. The summed E-state index contributed by atoms with van der Waals surface area (Å²) in [7, 11) is 0. The van der Waals surface area contributed by atoms with Crippen molar-refractivity contribution in [3.8, 4) is 11.4 Å². The molecule has 24 heavy (non-hydrogen) atoms. The standard InChI is InChI=1S/C18H23N3O3/c1-2-23-17-8-7-14(12-16(17)21-9-3-4-10-21)20-18(22)19-13-15-6-5-11-24-15/h3-4,7-10,12,15H,2,5-6,11,13H2,1H3,(H2,19,20,22)/t15-/m0/s1. The number of nitrogens with zero attached hydrogens (tertiary/aromatic N) is 1. The van der Waals surface area contributed by atoms with E-state index in [1.54, 1.807) is 0 Å². The van der Waals surface area contributed by atoms with E-state index in [2.05, 4.69) is 10.6 Å². The Hall–Kier alpha value is -2.47. The molecule has 2 N–H and O–H groups in total. The number of ether oxygens (including phenoxy) is 2. The minimum atomic E-state index is -0.229. The zero-order valence-corrected chi connectivity index (χ0v) is 13.8. The fraction of sp³-hybridized carbons (Fsp3) is 0.389. The van der Waals surface area contributed by atoms with Crippen LogP contribution in [0.15, 0.2) is 42.7 Å². The Kier molecular flexibility index (Phi) is 5.38. The van der Waals surface area contributed by atoms with Gasteiger partial charge in [-0.25, -0.2) is 4.79 Å². The van der Waals surface area contributed by atoms with Crippen LogP contribution in [0.5, 0.6) is 5.75 Å². The largest absolute Gasteiger partial charge is 0.492 e. The fourth-order valence-corrected chi connectivity index (χ4v) is 2.76. The van der Waals surface area contributed by atoms with E-state index < -0.39 is 0 Å². The van der Waals surface area contributed by atoms with Gasteiger partial charge in [-0.2, -0.15) is 0 Å². The molecule has 0 unspecified atom stereocenters. The Morgan fingerprint density at radius 1 is 1.38 bits per heavy atom. The molecule has 2 amide bonds. The van der Waals surface area contributed by atoms with Gasteiger partial charge >= 0.3 is 6.03 Å². The van der Waals surface area contributed by atoms with Gasteiger partial charge in [-0.3, -0.25) is 0 Å². The normalized spacial score (nSPS) is 16.8. The smallest absolute Gasteiger partial charge is 0.319 e. The molecule has 1 aromatic carbocycles. The molecule has 0 bridgehead atoms. The van der Waals surface area contributed by atoms with Crippen molar-refractivity contribution < 1.29 is 14.3 Å². The fourth-order valence-electron chi connectivity index (χ4n) is 2.76. The third-order valence-corrected chi connectivity index (χ3v) is 3.91. The molecule has 2 heterocycles. The van der Waals surface area contributed by atoms with Gasteiger partial charge < -0.3 is 24.7 Å². The monoisotopic (exact) mass is 329 g/mol. The molecule has 3 rings (SSSR count). The van der Waals surface area contributed by atoms with Gasteiger partial charge in [0.15, 0.2) is 0 Å². The molecule has 1 saturated heterocycles. The van der Waals surface area contributed by atoms with E-state index in [9.17, 15) is 4.79 Å². The van der Waals surface area contributed by atoms with Gasteiger partial charge in [0, 0.05) is 31.2 Å². The minimum absolute atomic E-state index is 0.131. The third-order valence-electron chi connectivity index (χ3n) is 3.91. The van der Waals surface area contributed by atoms with E-state index in [1.165, 1.54) is 0 Å². The SMILES string of the molecule is CCOc1ccc(NC(=O)NC[C@@H]2CCCO2)cc1-n1cccc1. The van der Waals surface area contributed by atoms with Crippen LogP contribution in [0, 0.1) is 0 Å². The number of anilines is 1. The predicted molar refractivity (Wildman–Crippen MR) is 92.9 cm³/mol. The molecule has 1 aromatic heterocycles. The van der Waals surface area contributed by atoms with Crippen molar-refractivity contribution in [1.82, 2.24) is 9.88 Å². The summed E-state index contributed by atoms with van der Waals surface area (Å²) in [5.74, 6) is 0.777. The lowest BCUT2D eigenvalue weighted by atomic mass is 10.2. The first kappa shape index (κ1) is 16.4. The van der Waals surface area contributed by atoms with Crippen LogP contribution in [0.4, 0.5) is 10.5 Å². The number of hydrogen-bond donors (Lipinski definition) is 2. The summed E-state index contributed by atoms with van der Waals surface area (Å²) >= 11 is 0. The van der Waals surface area contributed by atoms with Crippen LogP contribution in [0.2, 0.25) is 0 Å². The summed E-state index contributed by atoms with van der Waals surface area (Å²) in [4.78, 5) is 12.1. The molecule has 6 heteroatoms. The lowest BCUT2D eigenvalue weighted by Gasteiger charge is -2.15. The number of hydrogen-bond acceptors (Lipinski definition) is 3. The van der Waals surface area contributed by atoms with Crippen LogP contribution in [-0.4, -0.2) is 36.5 Å². The molecule has 6 nitrogen and oxygen atoms in total. The number of amides is 2. The number of carbonyl (C=O) groups is 1. The molecule has 1 aliphatic rings. The second-order valence-electron chi connectivity index (χ2n) is 5.68. The quantitative estimate of drug-likeness (QED) is 0.855. The van der Waals surface area contributed by atoms with E-state index in [0.717, 1.165) is 30.9 Å². The maximum Gasteiger partial charge on any atom is 0.319 e.